The van der Waals surface area contributed by atoms with Gasteiger partial charge in [0.1, 0.15) is 72.1 Å². The van der Waals surface area contributed by atoms with E-state index in [1.807, 2.05) is 0 Å². The number of hydrogen-bond acceptors (Lipinski definition) is 12. The summed E-state index contributed by atoms with van der Waals surface area (Å²) in [6, 6.07) is -12.6. The second-order valence-corrected chi connectivity index (χ2v) is 31.9. The molecule has 107 heavy (non-hydrogen) atoms. The Morgan fingerprint density at radius 1 is 0.617 bits per heavy atom. The van der Waals surface area contributed by atoms with Gasteiger partial charge in [0.15, 0.2) is 0 Å². The van der Waals surface area contributed by atoms with Gasteiger partial charge in [-0.2, -0.15) is 26.3 Å². The lowest BCUT2D eigenvalue weighted by atomic mass is 9.74. The molecule has 3 heterocycles. The minimum absolute atomic E-state index is 0.0225. The number of rotatable bonds is 11. The highest BCUT2D eigenvalue weighted by Gasteiger charge is 2.58. The van der Waals surface area contributed by atoms with Crippen LogP contribution in [0.5, 0.6) is 0 Å². The van der Waals surface area contributed by atoms with Crippen LogP contribution < -0.4 is 16.0 Å². The monoisotopic (exact) mass is 1530 g/mol. The minimum atomic E-state index is -5.28. The van der Waals surface area contributed by atoms with Crippen LogP contribution in [0.25, 0.3) is 0 Å². The molecule has 24 nitrogen and oxygen atoms in total. The number of carbonyl (C=O) groups excluding carboxylic acids is 12. The number of halogens is 10. The second-order valence-electron chi connectivity index (χ2n) is 31.9. The minimum Gasteiger partial charge on any atom is -0.347 e. The molecule has 8 rings (SSSR count). The molecule has 8 aliphatic rings. The van der Waals surface area contributed by atoms with Crippen molar-refractivity contribution in [2.45, 2.75) is 252 Å². The normalized spacial score (nSPS) is 32.6. The molecule has 12 amide bonds. The van der Waals surface area contributed by atoms with E-state index >= 15 is 41.5 Å². The second kappa shape index (κ2) is 35.1. The number of carbonyl (C=O) groups is 12. The SMILES string of the molecule is CC[C@H](C)[C@@H]1NC(=O)[C@H](CC2CC2)N(C)C(=O)C[C@@H](C(=O)N(C)C)N(C)C(=O)[C@H](C2CCCC2)N(C)C(=O)C2(CCC2)NC(=O)[C@@H]2CC(F)(F)CN2C(=O)[C@H](CCC2CC(F)C(C(F)(F)F)C(F)C2)NC(=O)CN(C)C(=O)[C@H](CC2CCC(C(F)(F)F)CC2)N2CC/C=C\C[C@@H](C2=O)N(C)C(=O)CN(C)C1=O. The summed E-state index contributed by atoms with van der Waals surface area (Å²) in [4.78, 5) is 189. The molecule has 5 aliphatic carbocycles. The molecular weight excluding hydrogens is 1430 g/mol. The van der Waals surface area contributed by atoms with E-state index in [-0.39, 0.29) is 83.1 Å². The largest absolute Gasteiger partial charge is 0.397 e. The summed E-state index contributed by atoms with van der Waals surface area (Å²) in [5.74, 6) is -22.5. The lowest BCUT2D eigenvalue weighted by molar-refractivity contribution is -0.219. The highest BCUT2D eigenvalue weighted by Crippen LogP contribution is 2.46. The van der Waals surface area contributed by atoms with Crippen LogP contribution in [0.3, 0.4) is 0 Å². The number of hydrogen-bond donors (Lipinski definition) is 3. The Labute approximate surface area is 618 Å². The zero-order chi connectivity index (χ0) is 79.3. The zero-order valence-corrected chi connectivity index (χ0v) is 63.0. The van der Waals surface area contributed by atoms with Gasteiger partial charge in [-0.15, -0.1) is 0 Å². The van der Waals surface area contributed by atoms with E-state index in [2.05, 4.69) is 16.0 Å². The lowest BCUT2D eigenvalue weighted by Gasteiger charge is -2.46. The third kappa shape index (κ3) is 20.4. The van der Waals surface area contributed by atoms with Crippen LogP contribution in [0.15, 0.2) is 12.2 Å². The van der Waals surface area contributed by atoms with E-state index in [4.69, 9.17) is 0 Å². The quantitative estimate of drug-likeness (QED) is 0.151. The molecule has 602 valence electrons. The molecule has 0 aromatic carbocycles. The number of amides is 12. The van der Waals surface area contributed by atoms with Crippen molar-refractivity contribution < 1.29 is 101 Å². The molecule has 34 heteroatoms. The zero-order valence-electron chi connectivity index (χ0n) is 63.0. The molecule has 11 atom stereocenters. The van der Waals surface area contributed by atoms with Gasteiger partial charge in [0.2, 0.25) is 70.9 Å². The Morgan fingerprint density at radius 2 is 1.21 bits per heavy atom. The number of nitrogens with one attached hydrogen (secondary N) is 3. The van der Waals surface area contributed by atoms with Gasteiger partial charge >= 0.3 is 12.4 Å². The van der Waals surface area contributed by atoms with Gasteiger partial charge in [0.25, 0.3) is 5.92 Å². The Morgan fingerprint density at radius 3 is 1.76 bits per heavy atom. The first-order valence-corrected chi connectivity index (χ1v) is 37.7. The van der Waals surface area contributed by atoms with Crippen molar-refractivity contribution in [1.82, 2.24) is 60.0 Å². The molecule has 5 saturated carbocycles. The van der Waals surface area contributed by atoms with E-state index in [0.717, 1.165) is 41.3 Å². The van der Waals surface area contributed by atoms with Crippen molar-refractivity contribution in [1.29, 1.82) is 0 Å². The summed E-state index contributed by atoms with van der Waals surface area (Å²) >= 11 is 0. The Kier molecular flexibility index (Phi) is 28.0. The summed E-state index contributed by atoms with van der Waals surface area (Å²) in [6.45, 7) is 0.0917. The third-order valence-electron chi connectivity index (χ3n) is 24.1. The highest BCUT2D eigenvalue weighted by atomic mass is 19.4. The molecule has 0 aromatic heterocycles. The summed E-state index contributed by atoms with van der Waals surface area (Å²) < 4.78 is 147. The van der Waals surface area contributed by atoms with Crippen molar-refractivity contribution in [3.63, 3.8) is 0 Å². The number of likely N-dealkylation sites (N-methyl/N-ethyl adjacent to an activating group) is 7. The van der Waals surface area contributed by atoms with E-state index in [1.54, 1.807) is 26.0 Å². The first-order valence-electron chi connectivity index (χ1n) is 37.7. The fourth-order valence-corrected chi connectivity index (χ4v) is 16.9. The van der Waals surface area contributed by atoms with E-state index in [1.165, 1.54) is 54.2 Å². The number of alkyl halides is 10. The first kappa shape index (κ1) is 85.3. The molecule has 2 unspecified atom stereocenters. The maximum Gasteiger partial charge on any atom is 0.397 e. The van der Waals surface area contributed by atoms with Crippen LogP contribution in [0, 0.1) is 41.4 Å². The van der Waals surface area contributed by atoms with Gasteiger partial charge in [-0.1, -0.05) is 58.1 Å². The predicted molar refractivity (Wildman–Crippen MR) is 369 cm³/mol. The van der Waals surface area contributed by atoms with Crippen molar-refractivity contribution in [3.05, 3.63) is 12.2 Å². The summed E-state index contributed by atoms with van der Waals surface area (Å²) in [7, 11) is 10.5. The van der Waals surface area contributed by atoms with Gasteiger partial charge in [-0.3, -0.25) is 57.5 Å². The van der Waals surface area contributed by atoms with Crippen molar-refractivity contribution >= 4 is 70.9 Å². The maximum atomic E-state index is 16.1. The topological polar surface area (TPSA) is 270 Å². The highest BCUT2D eigenvalue weighted by molar-refractivity contribution is 6.01. The summed E-state index contributed by atoms with van der Waals surface area (Å²) in [6.07, 6.45) is -14.0. The molecule has 1 spiro atoms. The fraction of sp³-hybridized carbons (Fsp3) is 0.808. The molecule has 3 N–H and O–H groups in total. The smallest absolute Gasteiger partial charge is 0.347 e. The van der Waals surface area contributed by atoms with Crippen LogP contribution in [0.2, 0.25) is 0 Å². The molecule has 3 aliphatic heterocycles. The molecule has 2 saturated heterocycles. The van der Waals surface area contributed by atoms with Crippen molar-refractivity contribution in [3.8, 4) is 0 Å². The van der Waals surface area contributed by atoms with E-state index in [0.29, 0.717) is 49.8 Å². The van der Waals surface area contributed by atoms with Gasteiger partial charge < -0.3 is 60.0 Å². The van der Waals surface area contributed by atoms with Crippen LogP contribution >= 0.6 is 0 Å². The Hall–Kier alpha value is -7.32. The fourth-order valence-electron chi connectivity index (χ4n) is 16.9. The molecule has 0 aromatic rings. The predicted octanol–water partition coefficient (Wildman–Crippen LogP) is 6.34. The van der Waals surface area contributed by atoms with Crippen molar-refractivity contribution in [2.75, 3.05) is 82.6 Å². The van der Waals surface area contributed by atoms with Gasteiger partial charge in [-0.25, -0.2) is 17.6 Å². The van der Waals surface area contributed by atoms with Crippen LogP contribution in [-0.4, -0.2) is 282 Å². The standard InChI is InChI=1S/C73H108F10N12O12/c1-11-41(2)59-67(105)89(6)39-57(98)90(7)50-20-13-12-16-31-94(66(50)104)53(35-43-23-26-46(27-24-43)72(78,79)80)65(103)88(5)38-55(96)84-49(28-25-44-32-47(74)58(48(75)33-44)73(81,82)83)63(101)95-40-71(76,77)37-54(95)62(100)86-70(29-17-30-70)69(107)93(10)60(45-18-14-15-19-45)68(106)92(9)52(64(102)87(3)4)36-56(97)91(8)51(61(99)85-59)34-42-21-22-42/h12-13,41-54,58-60H,11,14-40H2,1-10H3,(H,84,96)(H,85,99)(H,86,100)/b13-12-/t41-,43?,44?,46?,47?,48?,49-,50-,51-,52-,53-,54-,58?,59-,60-/m0/s1. The van der Waals surface area contributed by atoms with Crippen LogP contribution in [-0.2, 0) is 57.5 Å². The number of nitrogens with zero attached hydrogens (tertiary/aromatic N) is 9. The summed E-state index contributed by atoms with van der Waals surface area (Å²) in [5, 5.41) is 7.88. The Balaban J connectivity index is 1.19. The molecular formula is C73H108F10N12O12. The number of fused-ring (bicyclic) bond motifs is 3. The molecule has 0 radical (unpaired) electrons. The Bertz CT molecular complexity index is 3280. The van der Waals surface area contributed by atoms with Gasteiger partial charge in [-0.05, 0) is 139 Å². The maximum absolute atomic E-state index is 16.1. The first-order chi connectivity index (χ1) is 50.0. The average molecular weight is 1540 g/mol. The van der Waals surface area contributed by atoms with Crippen LogP contribution in [0.1, 0.15) is 168 Å². The average Bonchev–Trinajstić information content (AvgIpc) is 1.75. The lowest BCUT2D eigenvalue weighted by Crippen LogP contribution is -2.68. The third-order valence-corrected chi connectivity index (χ3v) is 24.1. The summed E-state index contributed by atoms with van der Waals surface area (Å²) in [5.41, 5.74) is -1.90. The van der Waals surface area contributed by atoms with Crippen molar-refractivity contribution in [2.24, 2.45) is 41.4 Å². The van der Waals surface area contributed by atoms with Gasteiger partial charge in [0.05, 0.1) is 32.0 Å². The van der Waals surface area contributed by atoms with E-state index in [9.17, 15) is 59.9 Å². The van der Waals surface area contributed by atoms with Crippen LogP contribution in [0.4, 0.5) is 43.9 Å². The van der Waals surface area contributed by atoms with E-state index < -0.39 is 249 Å². The van der Waals surface area contributed by atoms with Gasteiger partial charge in [0, 0.05) is 69.3 Å². The molecule has 7 fully saturated rings. The molecule has 2 bridgehead atoms.